The minimum absolute atomic E-state index is 0. The lowest BCUT2D eigenvalue weighted by molar-refractivity contribution is 0.507. The van der Waals surface area contributed by atoms with Crippen LogP contribution < -0.4 is 10.6 Å². The van der Waals surface area contributed by atoms with Crippen molar-refractivity contribution >= 4 is 29.9 Å². The van der Waals surface area contributed by atoms with E-state index in [0.29, 0.717) is 6.54 Å². The molecule has 5 heteroatoms. The molecule has 0 saturated carbocycles. The molecule has 0 bridgehead atoms. The van der Waals surface area contributed by atoms with Crippen LogP contribution in [0, 0.1) is 12.3 Å². The number of nitrogens with zero attached hydrogens (tertiary/aromatic N) is 1. The molecule has 0 amide bonds. The van der Waals surface area contributed by atoms with Crippen molar-refractivity contribution in [1.29, 1.82) is 0 Å². The second-order valence-electron chi connectivity index (χ2n) is 3.54. The molecule has 1 aromatic heterocycles. The van der Waals surface area contributed by atoms with Crippen molar-refractivity contribution in [3.63, 3.8) is 0 Å². The van der Waals surface area contributed by atoms with Crippen molar-refractivity contribution in [3.8, 4) is 12.3 Å². The molecule has 4 nitrogen and oxygen atoms in total. The van der Waals surface area contributed by atoms with Crippen LogP contribution in [0.25, 0.3) is 0 Å². The van der Waals surface area contributed by atoms with Gasteiger partial charge in [-0.25, -0.2) is 0 Å². The maximum Gasteiger partial charge on any atom is 0.192 e. The van der Waals surface area contributed by atoms with Gasteiger partial charge in [0.1, 0.15) is 5.76 Å². The maximum absolute atomic E-state index is 5.24. The summed E-state index contributed by atoms with van der Waals surface area (Å²) in [4.78, 5) is 4.37. The van der Waals surface area contributed by atoms with E-state index >= 15 is 0 Å². The molecule has 0 atom stereocenters. The summed E-state index contributed by atoms with van der Waals surface area (Å²) >= 11 is 0. The van der Waals surface area contributed by atoms with Gasteiger partial charge in [0.15, 0.2) is 5.96 Å². The molecule has 18 heavy (non-hydrogen) atoms. The normalized spacial score (nSPS) is 10.3. The van der Waals surface area contributed by atoms with Crippen LogP contribution in [-0.2, 0) is 6.42 Å². The number of guanidine groups is 1. The first-order chi connectivity index (χ1) is 8.36. The molecule has 0 aliphatic heterocycles. The summed E-state index contributed by atoms with van der Waals surface area (Å²) in [5, 5.41) is 6.27. The zero-order chi connectivity index (χ0) is 12.3. The molecule has 0 aliphatic rings. The number of hydrogen-bond donors (Lipinski definition) is 2. The number of rotatable bonds is 6. The average molecular weight is 361 g/mol. The molecule has 0 radical (unpaired) electrons. The van der Waals surface area contributed by atoms with E-state index in [2.05, 4.69) is 28.5 Å². The molecule has 100 valence electrons. The van der Waals surface area contributed by atoms with Crippen LogP contribution in [0.4, 0.5) is 0 Å². The molecule has 0 spiro atoms. The zero-order valence-corrected chi connectivity index (χ0v) is 12.9. The highest BCUT2D eigenvalue weighted by molar-refractivity contribution is 14.0. The van der Waals surface area contributed by atoms with Crippen molar-refractivity contribution in [3.05, 3.63) is 24.2 Å². The predicted molar refractivity (Wildman–Crippen MR) is 85.3 cm³/mol. The number of furan rings is 1. The Balaban J connectivity index is 0.00000289. The highest BCUT2D eigenvalue weighted by atomic mass is 127. The third-order valence-electron chi connectivity index (χ3n) is 2.10. The molecule has 2 N–H and O–H groups in total. The van der Waals surface area contributed by atoms with Crippen molar-refractivity contribution in [2.24, 2.45) is 4.99 Å². The van der Waals surface area contributed by atoms with E-state index in [-0.39, 0.29) is 24.0 Å². The van der Waals surface area contributed by atoms with Crippen LogP contribution in [0.3, 0.4) is 0 Å². The average Bonchev–Trinajstić information content (AvgIpc) is 2.85. The Hall–Kier alpha value is -1.16. The summed E-state index contributed by atoms with van der Waals surface area (Å²) in [6, 6.07) is 3.84. The number of hydrogen-bond acceptors (Lipinski definition) is 2. The van der Waals surface area contributed by atoms with Gasteiger partial charge < -0.3 is 15.1 Å². The van der Waals surface area contributed by atoms with E-state index in [9.17, 15) is 0 Å². The topological polar surface area (TPSA) is 49.6 Å². The summed E-state index contributed by atoms with van der Waals surface area (Å²) in [6.07, 6.45) is 8.72. The Morgan fingerprint density at radius 2 is 2.33 bits per heavy atom. The van der Waals surface area contributed by atoms with Crippen LogP contribution in [0.1, 0.15) is 19.1 Å². The molecule has 0 aliphatic carbocycles. The minimum Gasteiger partial charge on any atom is -0.469 e. The summed E-state index contributed by atoms with van der Waals surface area (Å²) in [6.45, 7) is 4.13. The Morgan fingerprint density at radius 3 is 2.94 bits per heavy atom. The Kier molecular flexibility index (Phi) is 10.3. The van der Waals surface area contributed by atoms with Crippen LogP contribution >= 0.6 is 24.0 Å². The summed E-state index contributed by atoms with van der Waals surface area (Å²) < 4.78 is 5.24. The molecular formula is C13H20IN3O. The first kappa shape index (κ1) is 16.8. The van der Waals surface area contributed by atoms with Crippen molar-refractivity contribution in [2.45, 2.75) is 19.8 Å². The molecular weight excluding hydrogens is 341 g/mol. The molecule has 0 fully saturated rings. The second kappa shape index (κ2) is 11.0. The van der Waals surface area contributed by atoms with E-state index in [1.165, 1.54) is 0 Å². The number of terminal acetylenes is 1. The maximum atomic E-state index is 5.24. The van der Waals surface area contributed by atoms with Crippen molar-refractivity contribution in [2.75, 3.05) is 19.6 Å². The molecule has 1 rings (SSSR count). The van der Waals surface area contributed by atoms with Crippen LogP contribution in [0.15, 0.2) is 27.8 Å². The molecule has 0 saturated heterocycles. The fourth-order valence-corrected chi connectivity index (χ4v) is 1.29. The number of nitrogens with one attached hydrogen (secondary N) is 2. The highest BCUT2D eigenvalue weighted by Crippen LogP contribution is 1.99. The van der Waals surface area contributed by atoms with Gasteiger partial charge in [-0.3, -0.25) is 4.99 Å². The van der Waals surface area contributed by atoms with Crippen molar-refractivity contribution in [1.82, 2.24) is 10.6 Å². The van der Waals surface area contributed by atoms with Gasteiger partial charge in [-0.2, -0.15) is 0 Å². The Morgan fingerprint density at radius 1 is 1.50 bits per heavy atom. The molecule has 1 heterocycles. The smallest absolute Gasteiger partial charge is 0.192 e. The van der Waals surface area contributed by atoms with Crippen LogP contribution in [0.5, 0.6) is 0 Å². The van der Waals surface area contributed by atoms with E-state index in [4.69, 9.17) is 10.8 Å². The Labute approximate surface area is 126 Å². The largest absolute Gasteiger partial charge is 0.469 e. The first-order valence-electron chi connectivity index (χ1n) is 5.84. The SMILES string of the molecule is C#CCNC(=NCCC)NCCc1ccco1.I. The summed E-state index contributed by atoms with van der Waals surface area (Å²) in [5.74, 6) is 4.25. The quantitative estimate of drug-likeness (QED) is 0.353. The van der Waals surface area contributed by atoms with E-state index in [1.54, 1.807) is 6.26 Å². The second-order valence-corrected chi connectivity index (χ2v) is 3.54. The summed E-state index contributed by atoms with van der Waals surface area (Å²) in [7, 11) is 0. The molecule has 1 aromatic rings. The van der Waals surface area contributed by atoms with E-state index in [1.807, 2.05) is 12.1 Å². The Bertz CT molecular complexity index is 368. The van der Waals surface area contributed by atoms with Crippen LogP contribution in [-0.4, -0.2) is 25.6 Å². The fraction of sp³-hybridized carbons (Fsp3) is 0.462. The third kappa shape index (κ3) is 7.22. The van der Waals surface area contributed by atoms with Crippen LogP contribution in [0.2, 0.25) is 0 Å². The lowest BCUT2D eigenvalue weighted by Crippen LogP contribution is -2.38. The van der Waals surface area contributed by atoms with Gasteiger partial charge in [0, 0.05) is 19.5 Å². The van der Waals surface area contributed by atoms with Gasteiger partial charge in [0.25, 0.3) is 0 Å². The molecule has 0 unspecified atom stereocenters. The van der Waals surface area contributed by atoms with E-state index in [0.717, 1.165) is 37.7 Å². The minimum atomic E-state index is 0. The van der Waals surface area contributed by atoms with Gasteiger partial charge in [0.05, 0.1) is 12.8 Å². The third-order valence-corrected chi connectivity index (χ3v) is 2.10. The number of aliphatic imine (C=N–C) groups is 1. The van der Waals surface area contributed by atoms with Gasteiger partial charge >= 0.3 is 0 Å². The standard InChI is InChI=1S/C13H19N3O.HI/c1-3-8-14-13(15-9-4-2)16-10-7-12-6-5-11-17-12;/h1,5-6,11H,4,7-10H2,2H3,(H2,14,15,16);1H. The van der Waals surface area contributed by atoms with Gasteiger partial charge in [-0.15, -0.1) is 30.4 Å². The first-order valence-corrected chi connectivity index (χ1v) is 5.84. The highest BCUT2D eigenvalue weighted by Gasteiger charge is 1.98. The van der Waals surface area contributed by atoms with Gasteiger partial charge in [-0.05, 0) is 18.6 Å². The monoisotopic (exact) mass is 361 g/mol. The van der Waals surface area contributed by atoms with Gasteiger partial charge in [-0.1, -0.05) is 12.8 Å². The van der Waals surface area contributed by atoms with E-state index < -0.39 is 0 Å². The van der Waals surface area contributed by atoms with Gasteiger partial charge in [0.2, 0.25) is 0 Å². The predicted octanol–water partition coefficient (Wildman–Crippen LogP) is 2.02. The lowest BCUT2D eigenvalue weighted by Gasteiger charge is -2.09. The van der Waals surface area contributed by atoms with Crippen molar-refractivity contribution < 1.29 is 4.42 Å². The lowest BCUT2D eigenvalue weighted by atomic mass is 10.3. The zero-order valence-electron chi connectivity index (χ0n) is 10.6. The summed E-state index contributed by atoms with van der Waals surface area (Å²) in [5.41, 5.74) is 0. The fourth-order valence-electron chi connectivity index (χ4n) is 1.29. The number of halogens is 1. The molecule has 0 aromatic carbocycles.